The third-order valence-corrected chi connectivity index (χ3v) is 3.08. The zero-order valence-electron chi connectivity index (χ0n) is 11.0. The number of hydrogen-bond acceptors (Lipinski definition) is 3. The highest BCUT2D eigenvalue weighted by molar-refractivity contribution is 4.82. The molecule has 0 fully saturated rings. The number of hydrogen-bond donors (Lipinski definition) is 0. The first-order valence-corrected chi connectivity index (χ1v) is 5.49. The molecule has 0 spiro atoms. The van der Waals surface area contributed by atoms with Crippen molar-refractivity contribution in [1.29, 1.82) is 0 Å². The summed E-state index contributed by atoms with van der Waals surface area (Å²) >= 11 is 0. The highest BCUT2D eigenvalue weighted by Crippen LogP contribution is 2.23. The van der Waals surface area contributed by atoms with E-state index in [0.29, 0.717) is 0 Å². The minimum Gasteiger partial charge on any atom is -0.279 e. The molecule has 14 heavy (non-hydrogen) atoms. The summed E-state index contributed by atoms with van der Waals surface area (Å²) in [5.74, 6) is 0.0516. The van der Waals surface area contributed by atoms with E-state index in [0.717, 1.165) is 13.0 Å². The fourth-order valence-corrected chi connectivity index (χ4v) is 2.50. The van der Waals surface area contributed by atoms with Gasteiger partial charge in [0.1, 0.15) is 5.79 Å². The van der Waals surface area contributed by atoms with Gasteiger partial charge < -0.3 is 0 Å². The highest BCUT2D eigenvalue weighted by Gasteiger charge is 2.36. The van der Waals surface area contributed by atoms with E-state index in [1.54, 1.807) is 0 Å². The molecule has 0 N–H and O–H groups in total. The Morgan fingerprint density at radius 2 is 1.29 bits per heavy atom. The predicted octanol–water partition coefficient (Wildman–Crippen LogP) is 1.52. The topological polar surface area (TPSA) is 9.72 Å². The Morgan fingerprint density at radius 1 is 0.857 bits per heavy atom. The molecule has 0 bridgehead atoms. The molecule has 0 aromatic rings. The van der Waals surface area contributed by atoms with Crippen LogP contribution in [-0.4, -0.2) is 62.3 Å². The lowest BCUT2D eigenvalue weighted by Crippen LogP contribution is -2.64. The van der Waals surface area contributed by atoms with Crippen molar-refractivity contribution >= 4 is 0 Å². The summed E-state index contributed by atoms with van der Waals surface area (Å²) in [5, 5.41) is 0. The Bertz CT molecular complexity index is 147. The van der Waals surface area contributed by atoms with E-state index in [1.165, 1.54) is 6.42 Å². The second-order valence-corrected chi connectivity index (χ2v) is 4.34. The lowest BCUT2D eigenvalue weighted by atomic mass is 10.1. The number of nitrogens with zero attached hydrogens (tertiary/aromatic N) is 3. The molecule has 0 aromatic carbocycles. The molecule has 3 nitrogen and oxygen atoms in total. The van der Waals surface area contributed by atoms with E-state index in [1.807, 2.05) is 0 Å². The molecule has 0 rings (SSSR count). The van der Waals surface area contributed by atoms with Crippen LogP contribution in [-0.2, 0) is 0 Å². The van der Waals surface area contributed by atoms with Crippen molar-refractivity contribution in [2.24, 2.45) is 0 Å². The maximum atomic E-state index is 2.42. The Balaban J connectivity index is 4.83. The molecule has 0 saturated carbocycles. The Morgan fingerprint density at radius 3 is 1.50 bits per heavy atom. The summed E-state index contributed by atoms with van der Waals surface area (Å²) < 4.78 is 0. The van der Waals surface area contributed by atoms with Gasteiger partial charge in [0.15, 0.2) is 0 Å². The van der Waals surface area contributed by atoms with Crippen molar-refractivity contribution in [3.63, 3.8) is 0 Å². The lowest BCUT2D eigenvalue weighted by molar-refractivity contribution is -0.122. The smallest absolute Gasteiger partial charge is 0.129 e. The molecule has 0 aliphatic rings. The second kappa shape index (κ2) is 5.69. The van der Waals surface area contributed by atoms with Gasteiger partial charge in [-0.05, 0) is 48.1 Å². The van der Waals surface area contributed by atoms with E-state index in [-0.39, 0.29) is 5.79 Å². The van der Waals surface area contributed by atoms with Gasteiger partial charge >= 0.3 is 0 Å². The van der Waals surface area contributed by atoms with Crippen LogP contribution in [0.2, 0.25) is 0 Å². The first kappa shape index (κ1) is 13.9. The molecule has 0 radical (unpaired) electrons. The molecule has 0 aliphatic carbocycles. The van der Waals surface area contributed by atoms with Gasteiger partial charge in [0, 0.05) is 6.54 Å². The fourth-order valence-electron chi connectivity index (χ4n) is 2.50. The van der Waals surface area contributed by atoms with E-state index in [4.69, 9.17) is 0 Å². The third kappa shape index (κ3) is 2.47. The minimum atomic E-state index is 0.0516. The molecule has 3 heteroatoms. The van der Waals surface area contributed by atoms with Crippen molar-refractivity contribution in [1.82, 2.24) is 14.7 Å². The Hall–Kier alpha value is -0.120. The quantitative estimate of drug-likeness (QED) is 0.603. The van der Waals surface area contributed by atoms with Crippen LogP contribution in [0.5, 0.6) is 0 Å². The number of rotatable bonds is 6. The van der Waals surface area contributed by atoms with E-state index >= 15 is 0 Å². The molecular formula is C11H27N3. The van der Waals surface area contributed by atoms with Crippen LogP contribution in [0.15, 0.2) is 0 Å². The summed E-state index contributed by atoms with van der Waals surface area (Å²) in [4.78, 5) is 7.01. The fraction of sp³-hybridized carbons (Fsp3) is 1.00. The first-order chi connectivity index (χ1) is 6.43. The van der Waals surface area contributed by atoms with Crippen molar-refractivity contribution in [3.05, 3.63) is 0 Å². The average molecular weight is 201 g/mol. The summed E-state index contributed by atoms with van der Waals surface area (Å²) in [7, 11) is 10.8. The van der Waals surface area contributed by atoms with Gasteiger partial charge in [-0.25, -0.2) is 0 Å². The molecular weight excluding hydrogens is 174 g/mol. The van der Waals surface area contributed by atoms with E-state index in [2.05, 4.69) is 63.8 Å². The first-order valence-electron chi connectivity index (χ1n) is 5.49. The van der Waals surface area contributed by atoms with Crippen molar-refractivity contribution < 1.29 is 0 Å². The molecule has 0 unspecified atom stereocenters. The van der Waals surface area contributed by atoms with Gasteiger partial charge in [-0.2, -0.15) is 0 Å². The molecule has 0 saturated heterocycles. The molecule has 0 aromatic heterocycles. The predicted molar refractivity (Wildman–Crippen MR) is 63.3 cm³/mol. The van der Waals surface area contributed by atoms with Crippen LogP contribution in [0, 0.1) is 0 Å². The Labute approximate surface area is 89.7 Å². The normalized spacial score (nSPS) is 13.3. The summed E-state index contributed by atoms with van der Waals surface area (Å²) in [6, 6.07) is 0. The van der Waals surface area contributed by atoms with Crippen molar-refractivity contribution in [2.45, 2.75) is 32.5 Å². The van der Waals surface area contributed by atoms with E-state index in [9.17, 15) is 0 Å². The maximum absolute atomic E-state index is 2.42. The van der Waals surface area contributed by atoms with Crippen LogP contribution in [0.4, 0.5) is 0 Å². The van der Waals surface area contributed by atoms with Crippen molar-refractivity contribution in [3.8, 4) is 0 Å². The lowest BCUT2D eigenvalue weighted by Gasteiger charge is -2.50. The van der Waals surface area contributed by atoms with Crippen LogP contribution in [0.1, 0.15) is 26.7 Å². The molecule has 0 atom stereocenters. The van der Waals surface area contributed by atoms with Crippen LogP contribution < -0.4 is 0 Å². The molecule has 86 valence electrons. The zero-order chi connectivity index (χ0) is 11.4. The minimum absolute atomic E-state index is 0.0516. The monoisotopic (exact) mass is 201 g/mol. The van der Waals surface area contributed by atoms with Crippen molar-refractivity contribution in [2.75, 3.05) is 41.8 Å². The standard InChI is InChI=1S/C11H27N3/c1-8-10-14(7)11(9-2,12(3)4)13(5)6/h8-10H2,1-7H3. The van der Waals surface area contributed by atoms with Crippen LogP contribution in [0.25, 0.3) is 0 Å². The van der Waals surface area contributed by atoms with Crippen LogP contribution >= 0.6 is 0 Å². The summed E-state index contributed by atoms with van der Waals surface area (Å²) in [6.07, 6.45) is 2.30. The van der Waals surface area contributed by atoms with Gasteiger partial charge in [0.25, 0.3) is 0 Å². The van der Waals surface area contributed by atoms with Gasteiger partial charge in [-0.15, -0.1) is 0 Å². The molecule has 0 heterocycles. The van der Waals surface area contributed by atoms with E-state index < -0.39 is 0 Å². The maximum Gasteiger partial charge on any atom is 0.129 e. The summed E-state index contributed by atoms with van der Waals surface area (Å²) in [5.41, 5.74) is 0. The van der Waals surface area contributed by atoms with Crippen LogP contribution in [0.3, 0.4) is 0 Å². The average Bonchev–Trinajstić information content (AvgIpc) is 2.05. The third-order valence-electron chi connectivity index (χ3n) is 3.08. The second-order valence-electron chi connectivity index (χ2n) is 4.34. The SMILES string of the molecule is CCCN(C)C(CC)(N(C)C)N(C)C. The highest BCUT2D eigenvalue weighted by atomic mass is 15.5. The van der Waals surface area contributed by atoms with Gasteiger partial charge in [-0.1, -0.05) is 13.8 Å². The van der Waals surface area contributed by atoms with Gasteiger partial charge in [-0.3, -0.25) is 14.7 Å². The molecule has 0 aliphatic heterocycles. The zero-order valence-corrected chi connectivity index (χ0v) is 11.0. The molecule has 0 amide bonds. The largest absolute Gasteiger partial charge is 0.279 e. The van der Waals surface area contributed by atoms with Gasteiger partial charge in [0.2, 0.25) is 0 Å². The Kier molecular flexibility index (Phi) is 5.64. The van der Waals surface area contributed by atoms with Gasteiger partial charge in [0.05, 0.1) is 0 Å². The summed E-state index contributed by atoms with van der Waals surface area (Å²) in [6.45, 7) is 5.60.